The lowest BCUT2D eigenvalue weighted by molar-refractivity contribution is -0.134. The molecule has 5 nitrogen and oxygen atoms in total. The van der Waals surface area contributed by atoms with E-state index in [1.165, 1.54) is 0 Å². The predicted octanol–water partition coefficient (Wildman–Crippen LogP) is 7.46. The third-order valence-electron chi connectivity index (χ3n) is 6.29. The third kappa shape index (κ3) is 5.16. The van der Waals surface area contributed by atoms with Crippen molar-refractivity contribution in [2.75, 3.05) is 11.9 Å². The summed E-state index contributed by atoms with van der Waals surface area (Å²) in [6.45, 7) is 2.88. The number of benzene rings is 4. The van der Waals surface area contributed by atoms with E-state index in [9.17, 15) is 4.79 Å². The van der Waals surface area contributed by atoms with Crippen molar-refractivity contribution >= 4 is 11.7 Å². The Kier molecular flexibility index (Phi) is 7.13. The molecule has 1 heterocycles. The van der Waals surface area contributed by atoms with Crippen molar-refractivity contribution in [3.05, 3.63) is 109 Å². The Morgan fingerprint density at radius 2 is 1.41 bits per heavy atom. The van der Waals surface area contributed by atoms with Crippen LogP contribution in [0.4, 0.5) is 5.69 Å². The molecule has 1 aromatic heterocycles. The van der Waals surface area contributed by atoms with Crippen molar-refractivity contribution < 1.29 is 9.90 Å². The normalized spacial score (nSPS) is 10.8. The molecule has 0 aliphatic carbocycles. The van der Waals surface area contributed by atoms with Gasteiger partial charge in [-0.25, -0.2) is 4.98 Å². The van der Waals surface area contributed by atoms with Crippen LogP contribution in [0.2, 0.25) is 0 Å². The van der Waals surface area contributed by atoms with Crippen LogP contribution in [0, 0.1) is 0 Å². The van der Waals surface area contributed by atoms with Crippen LogP contribution in [-0.4, -0.2) is 27.2 Å². The summed E-state index contributed by atoms with van der Waals surface area (Å²) < 4.78 is 2.34. The Morgan fingerprint density at radius 1 is 0.784 bits per heavy atom. The van der Waals surface area contributed by atoms with Gasteiger partial charge < -0.3 is 15.0 Å². The minimum absolute atomic E-state index is 0.132. The molecule has 5 aromatic rings. The van der Waals surface area contributed by atoms with Gasteiger partial charge in [-0.05, 0) is 29.7 Å². The third-order valence-corrected chi connectivity index (χ3v) is 6.29. The molecule has 0 saturated heterocycles. The lowest BCUT2D eigenvalue weighted by Crippen LogP contribution is -2.12. The van der Waals surface area contributed by atoms with Gasteiger partial charge in [0.15, 0.2) is 0 Å². The minimum atomic E-state index is -0.894. The van der Waals surface area contributed by atoms with E-state index in [0.717, 1.165) is 63.7 Å². The van der Waals surface area contributed by atoms with E-state index in [2.05, 4.69) is 65.3 Å². The van der Waals surface area contributed by atoms with E-state index in [0.29, 0.717) is 0 Å². The van der Waals surface area contributed by atoms with E-state index in [1.807, 2.05) is 60.7 Å². The molecule has 0 amide bonds. The highest BCUT2D eigenvalue weighted by atomic mass is 16.4. The maximum absolute atomic E-state index is 11.1. The second kappa shape index (κ2) is 11.0. The van der Waals surface area contributed by atoms with Crippen molar-refractivity contribution in [2.45, 2.75) is 19.9 Å². The molecule has 184 valence electrons. The summed E-state index contributed by atoms with van der Waals surface area (Å²) in [6.07, 6.45) is 0.966. The fraction of sp³-hybridized carbons (Fsp3) is 0.125. The standard InChI is InChI=1S/C32H29N3O2/c1-2-20-35-31(24-14-7-4-8-15-24)30(23-12-5-3-6-13-23)34-32(35)28-19-10-9-18-27(28)25-16-11-17-26(21-25)33-22-29(36)37/h3-19,21,33H,2,20,22H2,1H3,(H,36,37). The van der Waals surface area contributed by atoms with Crippen molar-refractivity contribution in [1.29, 1.82) is 0 Å². The molecular weight excluding hydrogens is 458 g/mol. The number of aliphatic carboxylic acids is 1. The Hall–Kier alpha value is -4.64. The molecule has 37 heavy (non-hydrogen) atoms. The fourth-order valence-corrected chi connectivity index (χ4v) is 4.69. The number of carboxylic acids is 1. The molecule has 0 spiro atoms. The molecule has 0 saturated carbocycles. The van der Waals surface area contributed by atoms with E-state index >= 15 is 0 Å². The van der Waals surface area contributed by atoms with Gasteiger partial charge >= 0.3 is 5.97 Å². The Balaban J connectivity index is 1.71. The molecule has 0 atom stereocenters. The first-order chi connectivity index (χ1) is 18.2. The molecule has 0 fully saturated rings. The molecule has 0 aliphatic rings. The largest absolute Gasteiger partial charge is 0.480 e. The number of hydrogen-bond acceptors (Lipinski definition) is 3. The highest BCUT2D eigenvalue weighted by Crippen LogP contribution is 2.39. The zero-order valence-corrected chi connectivity index (χ0v) is 20.8. The fourth-order valence-electron chi connectivity index (χ4n) is 4.69. The predicted molar refractivity (Wildman–Crippen MR) is 150 cm³/mol. The summed E-state index contributed by atoms with van der Waals surface area (Å²) in [4.78, 5) is 16.3. The summed E-state index contributed by atoms with van der Waals surface area (Å²) in [5, 5.41) is 12.1. The van der Waals surface area contributed by atoms with Gasteiger partial charge in [-0.1, -0.05) is 104 Å². The van der Waals surface area contributed by atoms with E-state index < -0.39 is 5.97 Å². The zero-order chi connectivity index (χ0) is 25.6. The topological polar surface area (TPSA) is 67.2 Å². The molecular formula is C32H29N3O2. The number of hydrogen-bond donors (Lipinski definition) is 2. The summed E-state index contributed by atoms with van der Waals surface area (Å²) in [6, 6.07) is 36.9. The smallest absolute Gasteiger partial charge is 0.322 e. The summed E-state index contributed by atoms with van der Waals surface area (Å²) in [5.41, 5.74) is 8.12. The first-order valence-electron chi connectivity index (χ1n) is 12.5. The van der Waals surface area contributed by atoms with Gasteiger partial charge in [-0.3, -0.25) is 4.79 Å². The van der Waals surface area contributed by atoms with Crippen LogP contribution in [0.3, 0.4) is 0 Å². The summed E-state index contributed by atoms with van der Waals surface area (Å²) >= 11 is 0. The lowest BCUT2D eigenvalue weighted by Gasteiger charge is -2.15. The molecule has 5 heteroatoms. The van der Waals surface area contributed by atoms with Crippen LogP contribution in [0.25, 0.3) is 45.0 Å². The first-order valence-corrected chi connectivity index (χ1v) is 12.5. The molecule has 0 bridgehead atoms. The van der Waals surface area contributed by atoms with Crippen LogP contribution >= 0.6 is 0 Å². The molecule has 0 aliphatic heterocycles. The number of nitrogens with one attached hydrogen (secondary N) is 1. The molecule has 0 radical (unpaired) electrons. The highest BCUT2D eigenvalue weighted by Gasteiger charge is 2.22. The van der Waals surface area contributed by atoms with Crippen LogP contribution in [0.1, 0.15) is 13.3 Å². The Bertz CT molecular complexity index is 1510. The van der Waals surface area contributed by atoms with Gasteiger partial charge in [0.25, 0.3) is 0 Å². The van der Waals surface area contributed by atoms with Crippen molar-refractivity contribution in [3.8, 4) is 45.0 Å². The minimum Gasteiger partial charge on any atom is -0.480 e. The van der Waals surface area contributed by atoms with E-state index in [-0.39, 0.29) is 6.54 Å². The zero-order valence-electron chi connectivity index (χ0n) is 20.8. The average molecular weight is 488 g/mol. The van der Waals surface area contributed by atoms with Crippen molar-refractivity contribution in [1.82, 2.24) is 9.55 Å². The van der Waals surface area contributed by atoms with Crippen LogP contribution in [0.5, 0.6) is 0 Å². The second-order valence-corrected chi connectivity index (χ2v) is 8.89. The van der Waals surface area contributed by atoms with Gasteiger partial charge in [0.1, 0.15) is 12.4 Å². The molecule has 2 N–H and O–H groups in total. The lowest BCUT2D eigenvalue weighted by atomic mass is 9.98. The van der Waals surface area contributed by atoms with Crippen molar-refractivity contribution in [3.63, 3.8) is 0 Å². The van der Waals surface area contributed by atoms with Gasteiger partial charge in [-0.2, -0.15) is 0 Å². The number of carbonyl (C=O) groups is 1. The van der Waals surface area contributed by atoms with Crippen LogP contribution in [-0.2, 0) is 11.3 Å². The second-order valence-electron chi connectivity index (χ2n) is 8.89. The van der Waals surface area contributed by atoms with Gasteiger partial charge in [0.2, 0.25) is 0 Å². The summed E-state index contributed by atoms with van der Waals surface area (Å²) in [5.74, 6) is 0.0216. The number of imidazole rings is 1. The number of nitrogens with zero attached hydrogens (tertiary/aromatic N) is 2. The maximum Gasteiger partial charge on any atom is 0.322 e. The maximum atomic E-state index is 11.1. The number of anilines is 1. The van der Waals surface area contributed by atoms with Gasteiger partial charge in [0, 0.05) is 28.9 Å². The Morgan fingerprint density at radius 3 is 2.08 bits per heavy atom. The first kappa shape index (κ1) is 24.1. The summed E-state index contributed by atoms with van der Waals surface area (Å²) in [7, 11) is 0. The molecule has 0 unspecified atom stereocenters. The molecule has 5 rings (SSSR count). The van der Waals surface area contributed by atoms with E-state index in [4.69, 9.17) is 10.1 Å². The SMILES string of the molecule is CCCn1c(-c2ccccc2-c2cccc(NCC(=O)O)c2)nc(-c2ccccc2)c1-c1ccccc1. The van der Waals surface area contributed by atoms with Crippen molar-refractivity contribution in [2.24, 2.45) is 0 Å². The van der Waals surface area contributed by atoms with Gasteiger partial charge in [0.05, 0.1) is 11.4 Å². The van der Waals surface area contributed by atoms with Gasteiger partial charge in [-0.15, -0.1) is 0 Å². The monoisotopic (exact) mass is 487 g/mol. The number of rotatable bonds is 9. The van der Waals surface area contributed by atoms with Crippen LogP contribution < -0.4 is 5.32 Å². The van der Waals surface area contributed by atoms with E-state index in [1.54, 1.807) is 0 Å². The Labute approximate surface area is 217 Å². The molecule has 4 aromatic carbocycles. The van der Waals surface area contributed by atoms with Crippen LogP contribution in [0.15, 0.2) is 109 Å². The highest BCUT2D eigenvalue weighted by molar-refractivity contribution is 5.87. The average Bonchev–Trinajstić information content (AvgIpc) is 3.32. The number of aromatic nitrogens is 2. The number of carboxylic acid groups (broad SMARTS) is 1. The quantitative estimate of drug-likeness (QED) is 0.226.